The second-order valence-corrected chi connectivity index (χ2v) is 6.41. The number of aryl methyl sites for hydroxylation is 1. The van der Waals surface area contributed by atoms with Crippen molar-refractivity contribution in [1.29, 1.82) is 0 Å². The molecule has 0 aliphatic carbocycles. The molecule has 6 nitrogen and oxygen atoms in total. The fraction of sp³-hybridized carbons (Fsp3) is 0.176. The van der Waals surface area contributed by atoms with Crippen molar-refractivity contribution in [2.75, 3.05) is 0 Å². The first-order valence-corrected chi connectivity index (χ1v) is 8.25. The largest absolute Gasteiger partial charge is 0.342 e. The Hall–Kier alpha value is -2.54. The second kappa shape index (κ2) is 6.92. The average Bonchev–Trinajstić information content (AvgIpc) is 3.04. The first kappa shape index (κ1) is 16.3. The van der Waals surface area contributed by atoms with Gasteiger partial charge in [-0.1, -0.05) is 39.7 Å². The number of benzene rings is 2. The Morgan fingerprint density at radius 2 is 2.00 bits per heavy atom. The van der Waals surface area contributed by atoms with Crippen LogP contribution < -0.4 is 5.32 Å². The van der Waals surface area contributed by atoms with Crippen LogP contribution in [-0.2, 0) is 0 Å². The summed E-state index contributed by atoms with van der Waals surface area (Å²) in [5, 5.41) is 14.8. The number of carbonyl (C=O) groups excluding carboxylic acids is 1. The van der Waals surface area contributed by atoms with Crippen molar-refractivity contribution in [2.24, 2.45) is 0 Å². The lowest BCUT2D eigenvalue weighted by Gasteiger charge is -2.14. The summed E-state index contributed by atoms with van der Waals surface area (Å²) in [7, 11) is 0. The molecule has 122 valence electrons. The quantitative estimate of drug-likeness (QED) is 0.747. The van der Waals surface area contributed by atoms with E-state index in [0.717, 1.165) is 15.7 Å². The van der Waals surface area contributed by atoms with Crippen LogP contribution in [0.5, 0.6) is 0 Å². The number of aromatic nitrogens is 4. The molecule has 1 N–H and O–H groups in total. The second-order valence-electron chi connectivity index (χ2n) is 5.49. The number of rotatable bonds is 4. The first-order valence-electron chi connectivity index (χ1n) is 7.46. The highest BCUT2D eigenvalue weighted by atomic mass is 79.9. The standard InChI is InChI=1S/C17H16BrN5O/c1-11-5-3-6-13(9-11)17(24)19-12(2)16-20-21-22-23(16)15-8-4-7-14(18)10-15/h3-10,12H,1-2H3,(H,19,24). The molecular weight excluding hydrogens is 370 g/mol. The predicted octanol–water partition coefficient (Wildman–Crippen LogP) is 3.22. The third-order valence-electron chi connectivity index (χ3n) is 3.56. The minimum absolute atomic E-state index is 0.157. The summed E-state index contributed by atoms with van der Waals surface area (Å²) in [6, 6.07) is 14.7. The zero-order chi connectivity index (χ0) is 17.1. The molecule has 3 rings (SSSR count). The zero-order valence-electron chi connectivity index (χ0n) is 13.3. The van der Waals surface area contributed by atoms with E-state index >= 15 is 0 Å². The Morgan fingerprint density at radius 3 is 2.75 bits per heavy atom. The molecule has 0 saturated heterocycles. The van der Waals surface area contributed by atoms with Gasteiger partial charge in [0.1, 0.15) is 0 Å². The summed E-state index contributed by atoms with van der Waals surface area (Å²) in [5.41, 5.74) is 2.47. The van der Waals surface area contributed by atoms with Gasteiger partial charge in [0.05, 0.1) is 11.7 Å². The highest BCUT2D eigenvalue weighted by Gasteiger charge is 2.18. The van der Waals surface area contributed by atoms with Crippen molar-refractivity contribution in [1.82, 2.24) is 25.5 Å². The van der Waals surface area contributed by atoms with Crippen molar-refractivity contribution >= 4 is 21.8 Å². The van der Waals surface area contributed by atoms with Gasteiger partial charge in [-0.05, 0) is 54.6 Å². The van der Waals surface area contributed by atoms with E-state index in [9.17, 15) is 4.79 Å². The van der Waals surface area contributed by atoms with Gasteiger partial charge in [0.15, 0.2) is 5.82 Å². The molecule has 1 aromatic heterocycles. The number of nitrogens with zero attached hydrogens (tertiary/aromatic N) is 4. The van der Waals surface area contributed by atoms with Gasteiger partial charge in [0.25, 0.3) is 5.91 Å². The number of hydrogen-bond donors (Lipinski definition) is 1. The summed E-state index contributed by atoms with van der Waals surface area (Å²) in [5.74, 6) is 0.407. The van der Waals surface area contributed by atoms with E-state index < -0.39 is 0 Å². The lowest BCUT2D eigenvalue weighted by Crippen LogP contribution is -2.28. The van der Waals surface area contributed by atoms with E-state index in [4.69, 9.17) is 0 Å². The Bertz CT molecular complexity index is 877. The maximum atomic E-state index is 12.4. The lowest BCUT2D eigenvalue weighted by atomic mass is 10.1. The third-order valence-corrected chi connectivity index (χ3v) is 4.05. The van der Waals surface area contributed by atoms with E-state index in [1.54, 1.807) is 10.7 Å². The molecule has 7 heteroatoms. The Morgan fingerprint density at radius 1 is 1.21 bits per heavy atom. The maximum Gasteiger partial charge on any atom is 0.251 e. The van der Waals surface area contributed by atoms with Gasteiger partial charge in [-0.25, -0.2) is 0 Å². The Kier molecular flexibility index (Phi) is 4.71. The average molecular weight is 386 g/mol. The summed E-state index contributed by atoms with van der Waals surface area (Å²) in [6.07, 6.45) is 0. The van der Waals surface area contributed by atoms with Gasteiger partial charge in [0, 0.05) is 10.0 Å². The molecule has 1 atom stereocenters. The molecule has 3 aromatic rings. The van der Waals surface area contributed by atoms with Crippen molar-refractivity contribution in [3.63, 3.8) is 0 Å². The molecule has 0 spiro atoms. The normalized spacial score (nSPS) is 12.0. The van der Waals surface area contributed by atoms with Gasteiger partial charge >= 0.3 is 0 Å². The fourth-order valence-corrected chi connectivity index (χ4v) is 2.77. The van der Waals surface area contributed by atoms with Gasteiger partial charge in [-0.15, -0.1) is 5.10 Å². The zero-order valence-corrected chi connectivity index (χ0v) is 14.9. The predicted molar refractivity (Wildman–Crippen MR) is 93.9 cm³/mol. The molecule has 1 heterocycles. The van der Waals surface area contributed by atoms with Crippen LogP contribution in [-0.4, -0.2) is 26.1 Å². The summed E-state index contributed by atoms with van der Waals surface area (Å²) >= 11 is 3.44. The van der Waals surface area contributed by atoms with Crippen LogP contribution in [0.1, 0.15) is 34.7 Å². The Balaban J connectivity index is 1.83. The molecule has 1 amide bonds. The third kappa shape index (κ3) is 3.51. The number of halogens is 1. The van der Waals surface area contributed by atoms with Crippen LogP contribution in [0.15, 0.2) is 53.0 Å². The minimum atomic E-state index is -0.341. The molecular formula is C17H16BrN5O. The van der Waals surface area contributed by atoms with E-state index in [1.807, 2.05) is 56.3 Å². The van der Waals surface area contributed by atoms with Gasteiger partial charge in [-0.2, -0.15) is 4.68 Å². The molecule has 0 radical (unpaired) electrons. The van der Waals surface area contributed by atoms with E-state index in [-0.39, 0.29) is 11.9 Å². The molecule has 0 aliphatic rings. The van der Waals surface area contributed by atoms with Crippen LogP contribution >= 0.6 is 15.9 Å². The van der Waals surface area contributed by atoms with Gasteiger partial charge in [-0.3, -0.25) is 4.79 Å². The van der Waals surface area contributed by atoms with Gasteiger partial charge in [0.2, 0.25) is 0 Å². The van der Waals surface area contributed by atoms with Crippen molar-refractivity contribution in [2.45, 2.75) is 19.9 Å². The van der Waals surface area contributed by atoms with Crippen molar-refractivity contribution in [3.05, 3.63) is 70.0 Å². The summed E-state index contributed by atoms with van der Waals surface area (Å²) in [4.78, 5) is 12.4. The summed E-state index contributed by atoms with van der Waals surface area (Å²) in [6.45, 7) is 3.81. The summed E-state index contributed by atoms with van der Waals surface area (Å²) < 4.78 is 2.55. The molecule has 1 unspecified atom stereocenters. The van der Waals surface area contributed by atoms with Crippen LogP contribution in [0.2, 0.25) is 0 Å². The Labute approximate surface area is 148 Å². The lowest BCUT2D eigenvalue weighted by molar-refractivity contribution is 0.0938. The van der Waals surface area contributed by atoms with Crippen LogP contribution in [0.4, 0.5) is 0 Å². The number of tetrazole rings is 1. The molecule has 0 fully saturated rings. The molecule has 0 aliphatic heterocycles. The topological polar surface area (TPSA) is 72.7 Å². The van der Waals surface area contributed by atoms with Crippen molar-refractivity contribution < 1.29 is 4.79 Å². The molecule has 24 heavy (non-hydrogen) atoms. The fourth-order valence-electron chi connectivity index (χ4n) is 2.39. The van der Waals surface area contributed by atoms with Crippen LogP contribution in [0.3, 0.4) is 0 Å². The van der Waals surface area contributed by atoms with Gasteiger partial charge < -0.3 is 5.32 Å². The van der Waals surface area contributed by atoms with Crippen LogP contribution in [0, 0.1) is 6.92 Å². The van der Waals surface area contributed by atoms with E-state index in [1.165, 1.54) is 0 Å². The number of hydrogen-bond acceptors (Lipinski definition) is 4. The number of amides is 1. The van der Waals surface area contributed by atoms with Crippen LogP contribution in [0.25, 0.3) is 5.69 Å². The van der Waals surface area contributed by atoms with E-state index in [2.05, 4.69) is 36.8 Å². The molecule has 0 saturated carbocycles. The SMILES string of the molecule is Cc1cccc(C(=O)NC(C)c2nnnn2-c2cccc(Br)c2)c1. The highest BCUT2D eigenvalue weighted by Crippen LogP contribution is 2.18. The maximum absolute atomic E-state index is 12.4. The molecule has 0 bridgehead atoms. The number of nitrogens with one attached hydrogen (secondary N) is 1. The number of carbonyl (C=O) groups is 1. The minimum Gasteiger partial charge on any atom is -0.342 e. The van der Waals surface area contributed by atoms with Crippen molar-refractivity contribution in [3.8, 4) is 5.69 Å². The first-order chi connectivity index (χ1) is 11.5. The monoisotopic (exact) mass is 385 g/mol. The smallest absolute Gasteiger partial charge is 0.251 e. The van der Waals surface area contributed by atoms with E-state index in [0.29, 0.717) is 11.4 Å². The molecule has 2 aromatic carbocycles. The highest BCUT2D eigenvalue weighted by molar-refractivity contribution is 9.10.